The molecule has 4 rings (SSSR count). The van der Waals surface area contributed by atoms with Crippen molar-refractivity contribution in [1.82, 2.24) is 9.21 Å². The van der Waals surface area contributed by atoms with Gasteiger partial charge in [0.25, 0.3) is 0 Å². The van der Waals surface area contributed by atoms with E-state index in [1.165, 1.54) is 22.5 Å². The summed E-state index contributed by atoms with van der Waals surface area (Å²) in [4.78, 5) is 17.1. The van der Waals surface area contributed by atoms with Gasteiger partial charge in [-0.25, -0.2) is 8.42 Å². The molecule has 10 heteroatoms. The Kier molecular flexibility index (Phi) is 8.97. The van der Waals surface area contributed by atoms with Crippen molar-refractivity contribution in [3.05, 3.63) is 88.4 Å². The minimum absolute atomic E-state index is 0.0620. The molecule has 3 aromatic rings. The molecule has 1 saturated heterocycles. The number of sulfonamides is 1. The molecule has 0 aliphatic carbocycles. The summed E-state index contributed by atoms with van der Waals surface area (Å²) in [5.74, 6) is 0.522. The third-order valence-corrected chi connectivity index (χ3v) is 8.94. The second kappa shape index (κ2) is 12.2. The van der Waals surface area contributed by atoms with Gasteiger partial charge in [0.05, 0.1) is 24.4 Å². The summed E-state index contributed by atoms with van der Waals surface area (Å²) in [5.41, 5.74) is 1.94. The van der Waals surface area contributed by atoms with E-state index in [4.69, 9.17) is 27.9 Å². The average Bonchev–Trinajstić information content (AvgIpc) is 2.92. The van der Waals surface area contributed by atoms with E-state index in [1.54, 1.807) is 12.0 Å². The Morgan fingerprint density at radius 3 is 2.32 bits per heavy atom. The fourth-order valence-corrected chi connectivity index (χ4v) is 6.46. The molecule has 7 nitrogen and oxygen atoms in total. The fraction of sp³-hybridized carbons (Fsp3) is 0.296. The lowest BCUT2D eigenvalue weighted by molar-refractivity contribution is -0.131. The lowest BCUT2D eigenvalue weighted by Gasteiger charge is -2.37. The number of nitrogens with zero attached hydrogens (tertiary/aromatic N) is 3. The van der Waals surface area contributed by atoms with Crippen molar-refractivity contribution in [2.24, 2.45) is 0 Å². The van der Waals surface area contributed by atoms with Crippen molar-refractivity contribution in [3.8, 4) is 5.75 Å². The number of amides is 1. The van der Waals surface area contributed by atoms with Gasteiger partial charge in [-0.05, 0) is 42.3 Å². The summed E-state index contributed by atoms with van der Waals surface area (Å²) in [6.45, 7) is 2.02. The van der Waals surface area contributed by atoms with Gasteiger partial charge in [-0.2, -0.15) is 4.31 Å². The number of para-hydroxylation sites is 2. The number of methoxy groups -OCH3 is 1. The second-order valence-corrected chi connectivity index (χ2v) is 11.4. The van der Waals surface area contributed by atoms with Crippen molar-refractivity contribution in [2.75, 3.05) is 51.3 Å². The van der Waals surface area contributed by atoms with Crippen LogP contribution in [0.5, 0.6) is 5.75 Å². The van der Waals surface area contributed by atoms with E-state index < -0.39 is 10.0 Å². The summed E-state index contributed by atoms with van der Waals surface area (Å²) in [5, 5.41) is 0.316. The van der Waals surface area contributed by atoms with Gasteiger partial charge in [0.2, 0.25) is 15.9 Å². The topological polar surface area (TPSA) is 70.2 Å². The molecule has 0 aromatic heterocycles. The standard InChI is InChI=1S/C27H29Cl2N3O4S/c1-36-25-10-6-5-9-24(25)30-15-17-31(18-16-30)27(33)20-32(14-13-21-7-3-2-4-8-21)37(34,35)26-19-22(28)11-12-23(26)29/h2-12,19H,13-18,20H2,1H3. The Bertz CT molecular complexity index is 1330. The lowest BCUT2D eigenvalue weighted by atomic mass is 10.1. The summed E-state index contributed by atoms with van der Waals surface area (Å²) in [6, 6.07) is 21.6. The number of carbonyl (C=O) groups excluding carboxylic acids is 1. The van der Waals surface area contributed by atoms with E-state index in [9.17, 15) is 13.2 Å². The third-order valence-electron chi connectivity index (χ3n) is 6.37. The molecule has 0 N–H and O–H groups in total. The highest BCUT2D eigenvalue weighted by molar-refractivity contribution is 7.89. The van der Waals surface area contributed by atoms with E-state index in [2.05, 4.69) is 4.90 Å². The maximum Gasteiger partial charge on any atom is 0.245 e. The number of rotatable bonds is 9. The van der Waals surface area contributed by atoms with Crippen LogP contribution in [-0.2, 0) is 21.2 Å². The number of hydrogen-bond acceptors (Lipinski definition) is 5. The van der Waals surface area contributed by atoms with Crippen LogP contribution in [0, 0.1) is 0 Å². The van der Waals surface area contributed by atoms with Crippen LogP contribution in [0.2, 0.25) is 10.0 Å². The van der Waals surface area contributed by atoms with E-state index in [0.29, 0.717) is 32.6 Å². The molecule has 196 valence electrons. The van der Waals surface area contributed by atoms with Gasteiger partial charge in [-0.3, -0.25) is 4.79 Å². The lowest BCUT2D eigenvalue weighted by Crippen LogP contribution is -2.52. The quantitative estimate of drug-likeness (QED) is 0.382. The van der Waals surface area contributed by atoms with Crippen LogP contribution in [0.15, 0.2) is 77.7 Å². The Morgan fingerprint density at radius 2 is 1.62 bits per heavy atom. The largest absolute Gasteiger partial charge is 0.495 e. The van der Waals surface area contributed by atoms with Crippen LogP contribution >= 0.6 is 23.2 Å². The predicted octanol–water partition coefficient (Wildman–Crippen LogP) is 4.58. The number of carbonyl (C=O) groups is 1. The van der Waals surface area contributed by atoms with Gasteiger partial charge in [-0.15, -0.1) is 0 Å². The first-order valence-corrected chi connectivity index (χ1v) is 14.1. The number of ether oxygens (including phenoxy) is 1. The smallest absolute Gasteiger partial charge is 0.245 e. The molecular formula is C27H29Cl2N3O4S. The molecule has 1 aliphatic rings. The maximum atomic E-state index is 13.6. The predicted molar refractivity (Wildman–Crippen MR) is 147 cm³/mol. The zero-order valence-electron chi connectivity index (χ0n) is 20.5. The molecule has 3 aromatic carbocycles. The van der Waals surface area contributed by atoms with Gasteiger partial charge in [0.1, 0.15) is 10.6 Å². The fourth-order valence-electron chi connectivity index (χ4n) is 4.34. The molecule has 0 saturated carbocycles. The average molecular weight is 563 g/mol. The van der Waals surface area contributed by atoms with Gasteiger partial charge < -0.3 is 14.5 Å². The van der Waals surface area contributed by atoms with Gasteiger partial charge in [0.15, 0.2) is 0 Å². The first-order valence-electron chi connectivity index (χ1n) is 11.9. The van der Waals surface area contributed by atoms with Gasteiger partial charge in [0, 0.05) is 37.7 Å². The molecule has 1 heterocycles. The highest BCUT2D eigenvalue weighted by Crippen LogP contribution is 2.30. The van der Waals surface area contributed by atoms with E-state index in [0.717, 1.165) is 17.0 Å². The van der Waals surface area contributed by atoms with Crippen LogP contribution in [0.4, 0.5) is 5.69 Å². The minimum atomic E-state index is -4.08. The first-order chi connectivity index (χ1) is 17.8. The van der Waals surface area contributed by atoms with Gasteiger partial charge >= 0.3 is 0 Å². The summed E-state index contributed by atoms with van der Waals surface area (Å²) >= 11 is 12.3. The molecule has 37 heavy (non-hydrogen) atoms. The highest BCUT2D eigenvalue weighted by atomic mass is 35.5. The first kappa shape index (κ1) is 27.3. The number of hydrogen-bond donors (Lipinski definition) is 0. The molecule has 1 amide bonds. The zero-order valence-corrected chi connectivity index (χ0v) is 22.8. The van der Waals surface area contributed by atoms with Gasteiger partial charge in [-0.1, -0.05) is 65.7 Å². The maximum absolute atomic E-state index is 13.6. The third kappa shape index (κ3) is 6.57. The van der Waals surface area contributed by atoms with Crippen LogP contribution in [0.3, 0.4) is 0 Å². The Hall–Kier alpha value is -2.78. The second-order valence-electron chi connectivity index (χ2n) is 8.69. The SMILES string of the molecule is COc1ccccc1N1CCN(C(=O)CN(CCc2ccccc2)S(=O)(=O)c2cc(Cl)ccc2Cl)CC1. The molecule has 0 unspecified atom stereocenters. The number of benzene rings is 3. The van der Waals surface area contributed by atoms with Crippen molar-refractivity contribution in [3.63, 3.8) is 0 Å². The van der Waals surface area contributed by atoms with Crippen LogP contribution in [0.25, 0.3) is 0 Å². The van der Waals surface area contributed by atoms with Crippen LogP contribution in [0.1, 0.15) is 5.56 Å². The monoisotopic (exact) mass is 561 g/mol. The summed E-state index contributed by atoms with van der Waals surface area (Å²) < 4.78 is 34.0. The van der Waals surface area contributed by atoms with Crippen LogP contribution in [-0.4, -0.2) is 69.9 Å². The molecular weight excluding hydrogens is 533 g/mol. The molecule has 0 atom stereocenters. The molecule has 0 bridgehead atoms. The van der Waals surface area contributed by atoms with E-state index >= 15 is 0 Å². The van der Waals surface area contributed by atoms with E-state index in [1.807, 2.05) is 54.6 Å². The highest BCUT2D eigenvalue weighted by Gasteiger charge is 2.31. The number of piperazine rings is 1. The van der Waals surface area contributed by atoms with E-state index in [-0.39, 0.29) is 33.9 Å². The summed E-state index contributed by atoms with van der Waals surface area (Å²) in [7, 11) is -2.44. The molecule has 1 fully saturated rings. The minimum Gasteiger partial charge on any atom is -0.495 e. The van der Waals surface area contributed by atoms with Crippen molar-refractivity contribution < 1.29 is 17.9 Å². The number of anilines is 1. The van der Waals surface area contributed by atoms with Crippen molar-refractivity contribution >= 4 is 44.8 Å². The normalized spacial score (nSPS) is 14.2. The molecule has 0 radical (unpaired) electrons. The Labute approximate surface area is 228 Å². The molecule has 0 spiro atoms. The molecule has 1 aliphatic heterocycles. The Balaban J connectivity index is 1.50. The van der Waals surface area contributed by atoms with Crippen LogP contribution < -0.4 is 9.64 Å². The zero-order chi connectivity index (χ0) is 26.4. The van der Waals surface area contributed by atoms with Crippen molar-refractivity contribution in [2.45, 2.75) is 11.3 Å². The number of halogens is 2. The Morgan fingerprint density at radius 1 is 0.946 bits per heavy atom. The van der Waals surface area contributed by atoms with Crippen molar-refractivity contribution in [1.29, 1.82) is 0 Å². The summed E-state index contributed by atoms with van der Waals surface area (Å²) in [6.07, 6.45) is 0.452.